The largest absolute Gasteiger partial charge is 0.0622 e. The van der Waals surface area contributed by atoms with Crippen LogP contribution in [-0.2, 0) is 0 Å². The molecule has 0 heterocycles. The van der Waals surface area contributed by atoms with Crippen molar-refractivity contribution in [3.63, 3.8) is 0 Å². The van der Waals surface area contributed by atoms with E-state index in [0.29, 0.717) is 5.92 Å². The topological polar surface area (TPSA) is 0 Å². The molecule has 0 saturated heterocycles. The zero-order valence-corrected chi connectivity index (χ0v) is 11.8. The molecule has 0 spiro atoms. The summed E-state index contributed by atoms with van der Waals surface area (Å²) in [6.45, 7) is 9.10. The van der Waals surface area contributed by atoms with E-state index >= 15 is 0 Å². The quantitative estimate of drug-likeness (QED) is 0.677. The second-order valence-corrected chi connectivity index (χ2v) is 6.12. The van der Waals surface area contributed by atoms with Crippen LogP contribution in [0.2, 0.25) is 0 Å². The van der Waals surface area contributed by atoms with Crippen molar-refractivity contribution in [2.24, 2.45) is 5.41 Å². The minimum Gasteiger partial charge on any atom is -0.0622 e. The molecular formula is C18H22. The van der Waals surface area contributed by atoms with E-state index in [4.69, 9.17) is 0 Å². The van der Waals surface area contributed by atoms with Crippen LogP contribution in [0.5, 0.6) is 0 Å². The Hall–Kier alpha value is -1.56. The minimum atomic E-state index is 0.217. The first-order valence-corrected chi connectivity index (χ1v) is 6.60. The number of aryl methyl sites for hydroxylation is 1. The lowest BCUT2D eigenvalue weighted by Gasteiger charge is -2.32. The highest BCUT2D eigenvalue weighted by Crippen LogP contribution is 2.40. The van der Waals surface area contributed by atoms with Gasteiger partial charge in [-0.25, -0.2) is 0 Å². The van der Waals surface area contributed by atoms with Gasteiger partial charge < -0.3 is 0 Å². The third-order valence-corrected chi connectivity index (χ3v) is 3.37. The zero-order valence-electron chi connectivity index (χ0n) is 11.8. The van der Waals surface area contributed by atoms with Crippen LogP contribution in [-0.4, -0.2) is 0 Å². The number of hydrogen-bond donors (Lipinski definition) is 0. The fourth-order valence-corrected chi connectivity index (χ4v) is 2.69. The molecule has 18 heavy (non-hydrogen) atoms. The molecule has 1 unspecified atom stereocenters. The van der Waals surface area contributed by atoms with Gasteiger partial charge in [-0.3, -0.25) is 0 Å². The number of benzene rings is 2. The molecule has 0 radical (unpaired) electrons. The Morgan fingerprint density at radius 2 is 1.39 bits per heavy atom. The summed E-state index contributed by atoms with van der Waals surface area (Å²) in [6, 6.07) is 19.7. The smallest absolute Gasteiger partial charge is 0.0138 e. The molecule has 2 rings (SSSR count). The van der Waals surface area contributed by atoms with E-state index < -0.39 is 0 Å². The van der Waals surface area contributed by atoms with Crippen molar-refractivity contribution >= 4 is 0 Å². The van der Waals surface area contributed by atoms with Gasteiger partial charge in [0.2, 0.25) is 0 Å². The van der Waals surface area contributed by atoms with Gasteiger partial charge in [0.05, 0.1) is 0 Å². The van der Waals surface area contributed by atoms with Crippen LogP contribution in [0, 0.1) is 12.3 Å². The molecule has 0 heteroatoms. The molecule has 0 aliphatic carbocycles. The first-order valence-electron chi connectivity index (χ1n) is 6.60. The lowest BCUT2D eigenvalue weighted by Crippen LogP contribution is -2.19. The van der Waals surface area contributed by atoms with Crippen molar-refractivity contribution in [2.45, 2.75) is 33.6 Å². The van der Waals surface area contributed by atoms with Crippen molar-refractivity contribution < 1.29 is 0 Å². The molecule has 0 aromatic heterocycles. The highest BCUT2D eigenvalue weighted by atomic mass is 14.3. The van der Waals surface area contributed by atoms with E-state index in [0.717, 1.165) is 0 Å². The Morgan fingerprint density at radius 3 is 1.94 bits per heavy atom. The van der Waals surface area contributed by atoms with Gasteiger partial charge >= 0.3 is 0 Å². The summed E-state index contributed by atoms with van der Waals surface area (Å²) in [5.41, 5.74) is 4.36. The Balaban J connectivity index is 2.51. The van der Waals surface area contributed by atoms with Crippen LogP contribution in [0.3, 0.4) is 0 Å². The molecule has 2 aromatic rings. The summed E-state index contributed by atoms with van der Waals surface area (Å²) < 4.78 is 0. The molecule has 0 aliphatic rings. The first kappa shape index (κ1) is 12.9. The minimum absolute atomic E-state index is 0.217. The molecular weight excluding hydrogens is 216 g/mol. The Bertz CT molecular complexity index is 503. The molecule has 0 N–H and O–H groups in total. The Morgan fingerprint density at radius 1 is 0.778 bits per heavy atom. The average molecular weight is 238 g/mol. The summed E-state index contributed by atoms with van der Waals surface area (Å²) in [6.07, 6.45) is 0. The van der Waals surface area contributed by atoms with Gasteiger partial charge in [-0.2, -0.15) is 0 Å². The second-order valence-electron chi connectivity index (χ2n) is 6.12. The van der Waals surface area contributed by atoms with Crippen LogP contribution < -0.4 is 0 Å². The lowest BCUT2D eigenvalue weighted by atomic mass is 9.72. The third-order valence-electron chi connectivity index (χ3n) is 3.37. The van der Waals surface area contributed by atoms with E-state index in [1.54, 1.807) is 0 Å². The van der Waals surface area contributed by atoms with E-state index in [2.05, 4.69) is 82.3 Å². The van der Waals surface area contributed by atoms with Crippen LogP contribution in [0.1, 0.15) is 43.4 Å². The van der Waals surface area contributed by atoms with E-state index in [9.17, 15) is 0 Å². The maximum atomic E-state index is 2.31. The van der Waals surface area contributed by atoms with Gasteiger partial charge in [-0.15, -0.1) is 0 Å². The Kier molecular flexibility index (Phi) is 3.56. The van der Waals surface area contributed by atoms with Crippen LogP contribution >= 0.6 is 0 Å². The van der Waals surface area contributed by atoms with Crippen LogP contribution in [0.25, 0.3) is 0 Å². The molecule has 0 bridgehead atoms. The lowest BCUT2D eigenvalue weighted by molar-refractivity contribution is 0.358. The average Bonchev–Trinajstić information content (AvgIpc) is 2.28. The predicted octanol–water partition coefficient (Wildman–Crippen LogP) is 5.17. The normalized spacial score (nSPS) is 13.3. The second kappa shape index (κ2) is 4.97. The summed E-state index contributed by atoms with van der Waals surface area (Å²) in [5, 5.41) is 0. The van der Waals surface area contributed by atoms with Gasteiger partial charge in [0, 0.05) is 5.92 Å². The molecule has 1 atom stereocenters. The standard InChI is InChI=1S/C18H22/c1-14-9-8-12-16(13-14)17(18(2,3)4)15-10-6-5-7-11-15/h5-13,17H,1-4H3. The van der Waals surface area contributed by atoms with Crippen molar-refractivity contribution in [3.8, 4) is 0 Å². The zero-order chi connectivity index (χ0) is 13.2. The van der Waals surface area contributed by atoms with Crippen molar-refractivity contribution in [1.29, 1.82) is 0 Å². The maximum absolute atomic E-state index is 2.31. The van der Waals surface area contributed by atoms with Crippen LogP contribution in [0.4, 0.5) is 0 Å². The SMILES string of the molecule is Cc1cccc(C(c2ccccc2)C(C)(C)C)c1. The molecule has 0 saturated carbocycles. The monoisotopic (exact) mass is 238 g/mol. The highest BCUT2D eigenvalue weighted by molar-refractivity contribution is 5.36. The van der Waals surface area contributed by atoms with E-state index in [1.807, 2.05) is 0 Å². The number of rotatable bonds is 2. The maximum Gasteiger partial charge on any atom is 0.0138 e. The summed E-state index contributed by atoms with van der Waals surface area (Å²) in [5.74, 6) is 0.443. The van der Waals surface area contributed by atoms with Crippen molar-refractivity contribution in [1.82, 2.24) is 0 Å². The van der Waals surface area contributed by atoms with Crippen LogP contribution in [0.15, 0.2) is 54.6 Å². The summed E-state index contributed by atoms with van der Waals surface area (Å²) in [4.78, 5) is 0. The van der Waals surface area contributed by atoms with E-state index in [-0.39, 0.29) is 5.41 Å². The highest BCUT2D eigenvalue weighted by Gasteiger charge is 2.27. The molecule has 2 aromatic carbocycles. The van der Waals surface area contributed by atoms with Gasteiger partial charge in [0.25, 0.3) is 0 Å². The number of hydrogen-bond acceptors (Lipinski definition) is 0. The molecule has 0 amide bonds. The molecule has 0 nitrogen and oxygen atoms in total. The Labute approximate surface area is 111 Å². The summed E-state index contributed by atoms with van der Waals surface area (Å²) in [7, 11) is 0. The van der Waals surface area contributed by atoms with Gasteiger partial charge in [-0.1, -0.05) is 80.9 Å². The molecule has 0 fully saturated rings. The summed E-state index contributed by atoms with van der Waals surface area (Å²) >= 11 is 0. The van der Waals surface area contributed by atoms with E-state index in [1.165, 1.54) is 16.7 Å². The van der Waals surface area contributed by atoms with Gasteiger partial charge in [0.1, 0.15) is 0 Å². The van der Waals surface area contributed by atoms with Crippen molar-refractivity contribution in [3.05, 3.63) is 71.3 Å². The van der Waals surface area contributed by atoms with Gasteiger partial charge in [0.15, 0.2) is 0 Å². The van der Waals surface area contributed by atoms with Crippen molar-refractivity contribution in [2.75, 3.05) is 0 Å². The molecule has 94 valence electrons. The fourth-order valence-electron chi connectivity index (χ4n) is 2.69. The first-order chi connectivity index (χ1) is 8.48. The molecule has 0 aliphatic heterocycles. The third kappa shape index (κ3) is 2.81. The van der Waals surface area contributed by atoms with Gasteiger partial charge in [-0.05, 0) is 23.5 Å². The fraction of sp³-hybridized carbons (Fsp3) is 0.333. The predicted molar refractivity (Wildman–Crippen MR) is 78.9 cm³/mol.